The molecule has 13 heteroatoms. The number of alkyl halides is 3. The fourth-order valence-corrected chi connectivity index (χ4v) is 4.31. The molecular formula is C20H30F3N3O6S. The number of unbranched alkanes of at least 4 members (excludes halogenated alkanes) is 2. The molecule has 0 unspecified atom stereocenters. The van der Waals surface area contributed by atoms with Gasteiger partial charge < -0.3 is 20.1 Å². The van der Waals surface area contributed by atoms with Crippen LogP contribution in [0.1, 0.15) is 26.2 Å². The van der Waals surface area contributed by atoms with Gasteiger partial charge in [-0.15, -0.1) is 0 Å². The number of carboxylic acid groups (broad SMARTS) is 1. The number of amides is 1. The van der Waals surface area contributed by atoms with Crippen LogP contribution in [0.4, 0.5) is 13.2 Å². The molecule has 0 atom stereocenters. The summed E-state index contributed by atoms with van der Waals surface area (Å²) >= 11 is 0. The molecule has 1 aliphatic heterocycles. The second-order valence-corrected chi connectivity index (χ2v) is 9.09. The lowest BCUT2D eigenvalue weighted by Gasteiger charge is -2.30. The molecule has 0 bridgehead atoms. The number of ether oxygens (including phenoxy) is 1. The molecule has 33 heavy (non-hydrogen) atoms. The van der Waals surface area contributed by atoms with Crippen LogP contribution in [0.15, 0.2) is 29.2 Å². The van der Waals surface area contributed by atoms with E-state index < -0.39 is 22.2 Å². The molecule has 9 nitrogen and oxygen atoms in total. The number of methoxy groups -OCH3 is 1. The number of hydrogen-bond acceptors (Lipinski definition) is 6. The zero-order chi connectivity index (χ0) is 25.1. The summed E-state index contributed by atoms with van der Waals surface area (Å²) in [7, 11) is -2.19. The molecule has 1 heterocycles. The van der Waals surface area contributed by atoms with Crippen LogP contribution in [0.25, 0.3) is 0 Å². The van der Waals surface area contributed by atoms with Crippen LogP contribution >= 0.6 is 0 Å². The summed E-state index contributed by atoms with van der Waals surface area (Å²) in [4.78, 5) is 23.4. The largest absolute Gasteiger partial charge is 0.497 e. The highest BCUT2D eigenvalue weighted by molar-refractivity contribution is 7.89. The van der Waals surface area contributed by atoms with E-state index in [-0.39, 0.29) is 17.3 Å². The third kappa shape index (κ3) is 9.56. The first-order chi connectivity index (χ1) is 15.4. The van der Waals surface area contributed by atoms with Gasteiger partial charge in [0.15, 0.2) is 0 Å². The van der Waals surface area contributed by atoms with Gasteiger partial charge in [-0.3, -0.25) is 4.79 Å². The van der Waals surface area contributed by atoms with Crippen molar-refractivity contribution in [3.63, 3.8) is 0 Å². The summed E-state index contributed by atoms with van der Waals surface area (Å²) in [5.74, 6) is -2.30. The second kappa shape index (κ2) is 13.4. The van der Waals surface area contributed by atoms with Crippen molar-refractivity contribution in [3.8, 4) is 5.75 Å². The van der Waals surface area contributed by atoms with Gasteiger partial charge in [-0.2, -0.15) is 17.5 Å². The number of carbonyl (C=O) groups excluding carboxylic acids is 1. The van der Waals surface area contributed by atoms with Gasteiger partial charge in [0.2, 0.25) is 15.9 Å². The number of carbonyl (C=O) groups is 2. The number of aliphatic carboxylic acids is 1. The Labute approximate surface area is 191 Å². The molecule has 0 aliphatic carbocycles. The SMILES string of the molecule is CCCCCN(CC(=O)N1CCNCC1)S(=O)(=O)c1ccc(OC)cc1.O=C(O)C(F)(F)F. The lowest BCUT2D eigenvalue weighted by atomic mass is 10.2. The minimum atomic E-state index is -5.08. The topological polar surface area (TPSA) is 116 Å². The number of halogens is 3. The Morgan fingerprint density at radius 2 is 1.70 bits per heavy atom. The lowest BCUT2D eigenvalue weighted by molar-refractivity contribution is -0.192. The van der Waals surface area contributed by atoms with E-state index in [0.29, 0.717) is 25.4 Å². The van der Waals surface area contributed by atoms with Gasteiger partial charge in [0.25, 0.3) is 0 Å². The Morgan fingerprint density at radius 1 is 1.15 bits per heavy atom. The van der Waals surface area contributed by atoms with E-state index in [4.69, 9.17) is 14.6 Å². The predicted octanol–water partition coefficient (Wildman–Crippen LogP) is 1.94. The summed E-state index contributed by atoms with van der Waals surface area (Å²) in [5.41, 5.74) is 0. The predicted molar refractivity (Wildman–Crippen MR) is 114 cm³/mol. The smallest absolute Gasteiger partial charge is 0.490 e. The fourth-order valence-electron chi connectivity index (χ4n) is 2.88. The van der Waals surface area contributed by atoms with Gasteiger partial charge in [-0.25, -0.2) is 13.2 Å². The number of sulfonamides is 1. The Hall–Kier alpha value is -2.38. The molecule has 0 saturated carbocycles. The summed E-state index contributed by atoms with van der Waals surface area (Å²) < 4.78 is 64.2. The van der Waals surface area contributed by atoms with Gasteiger partial charge in [0.05, 0.1) is 18.6 Å². The number of hydrogen-bond donors (Lipinski definition) is 2. The fraction of sp³-hybridized carbons (Fsp3) is 0.600. The maximum absolute atomic E-state index is 13.0. The molecule has 1 saturated heterocycles. The monoisotopic (exact) mass is 497 g/mol. The van der Waals surface area contributed by atoms with Gasteiger partial charge in [-0.05, 0) is 30.7 Å². The summed E-state index contributed by atoms with van der Waals surface area (Å²) in [6.07, 6.45) is -2.43. The standard InChI is InChI=1S/C18H29N3O4S.C2HF3O2/c1-3-4-5-12-21(15-18(22)20-13-10-19-11-14-20)26(23,24)17-8-6-16(25-2)7-9-17;3-2(4,5)1(6)7/h6-9,19H,3-5,10-15H2,1-2H3;(H,6,7). The van der Waals surface area contributed by atoms with Crippen molar-refractivity contribution in [2.75, 3.05) is 46.4 Å². The average Bonchev–Trinajstić information content (AvgIpc) is 2.78. The highest BCUT2D eigenvalue weighted by atomic mass is 32.2. The highest BCUT2D eigenvalue weighted by Gasteiger charge is 2.38. The maximum Gasteiger partial charge on any atom is 0.490 e. The molecule has 0 aromatic heterocycles. The third-order valence-corrected chi connectivity index (χ3v) is 6.59. The van der Waals surface area contributed by atoms with Crippen molar-refractivity contribution in [1.29, 1.82) is 0 Å². The van der Waals surface area contributed by atoms with E-state index in [1.807, 2.05) is 0 Å². The van der Waals surface area contributed by atoms with E-state index in [1.54, 1.807) is 17.0 Å². The van der Waals surface area contributed by atoms with E-state index in [0.717, 1.165) is 32.4 Å². The van der Waals surface area contributed by atoms with Crippen molar-refractivity contribution in [2.45, 2.75) is 37.3 Å². The van der Waals surface area contributed by atoms with Crippen molar-refractivity contribution >= 4 is 21.9 Å². The molecule has 0 spiro atoms. The Morgan fingerprint density at radius 3 is 2.15 bits per heavy atom. The Balaban J connectivity index is 0.000000675. The van der Waals surface area contributed by atoms with Crippen molar-refractivity contribution in [2.24, 2.45) is 0 Å². The van der Waals surface area contributed by atoms with Crippen LogP contribution in [-0.2, 0) is 19.6 Å². The highest BCUT2D eigenvalue weighted by Crippen LogP contribution is 2.20. The van der Waals surface area contributed by atoms with Crippen LogP contribution in [-0.4, -0.2) is 87.2 Å². The van der Waals surface area contributed by atoms with Crippen molar-refractivity contribution in [3.05, 3.63) is 24.3 Å². The van der Waals surface area contributed by atoms with E-state index in [1.165, 1.54) is 23.5 Å². The summed E-state index contributed by atoms with van der Waals surface area (Å²) in [6, 6.07) is 6.29. The Kier molecular flexibility index (Phi) is 11.6. The van der Waals surface area contributed by atoms with Crippen LogP contribution < -0.4 is 10.1 Å². The maximum atomic E-state index is 13.0. The van der Waals surface area contributed by atoms with Gasteiger partial charge in [-0.1, -0.05) is 19.8 Å². The molecule has 188 valence electrons. The molecule has 1 amide bonds. The normalized spacial score (nSPS) is 14.4. The average molecular weight is 498 g/mol. The third-order valence-electron chi connectivity index (χ3n) is 4.73. The number of piperazine rings is 1. The van der Waals surface area contributed by atoms with Crippen LogP contribution in [0.3, 0.4) is 0 Å². The Bertz CT molecular complexity index is 857. The number of benzene rings is 1. The number of carboxylic acids is 1. The number of nitrogens with zero attached hydrogens (tertiary/aromatic N) is 2. The minimum absolute atomic E-state index is 0.113. The molecule has 2 N–H and O–H groups in total. The number of rotatable bonds is 9. The van der Waals surface area contributed by atoms with Gasteiger partial charge >= 0.3 is 12.1 Å². The minimum Gasteiger partial charge on any atom is -0.497 e. The van der Waals surface area contributed by atoms with E-state index in [9.17, 15) is 26.4 Å². The van der Waals surface area contributed by atoms with Gasteiger partial charge in [0, 0.05) is 32.7 Å². The van der Waals surface area contributed by atoms with Crippen LogP contribution in [0, 0.1) is 0 Å². The van der Waals surface area contributed by atoms with Crippen LogP contribution in [0.5, 0.6) is 5.75 Å². The summed E-state index contributed by atoms with van der Waals surface area (Å²) in [6.45, 7) is 5.01. The second-order valence-electron chi connectivity index (χ2n) is 7.15. The first-order valence-corrected chi connectivity index (χ1v) is 11.8. The van der Waals surface area contributed by atoms with Crippen LogP contribution in [0.2, 0.25) is 0 Å². The number of nitrogens with one attached hydrogen (secondary N) is 1. The molecule has 2 rings (SSSR count). The molecule has 1 aromatic carbocycles. The molecule has 1 aromatic rings. The summed E-state index contributed by atoms with van der Waals surface area (Å²) in [5, 5.41) is 10.3. The molecular weight excluding hydrogens is 467 g/mol. The van der Waals surface area contributed by atoms with Crippen molar-refractivity contribution in [1.82, 2.24) is 14.5 Å². The molecule has 1 aliphatic rings. The van der Waals surface area contributed by atoms with E-state index in [2.05, 4.69) is 12.2 Å². The molecule has 0 radical (unpaired) electrons. The molecule has 1 fully saturated rings. The van der Waals surface area contributed by atoms with Gasteiger partial charge in [0.1, 0.15) is 5.75 Å². The zero-order valence-electron chi connectivity index (χ0n) is 18.6. The lowest BCUT2D eigenvalue weighted by Crippen LogP contribution is -2.50. The quantitative estimate of drug-likeness (QED) is 0.501. The zero-order valence-corrected chi connectivity index (χ0v) is 19.4. The van der Waals surface area contributed by atoms with Crippen molar-refractivity contribution < 1.29 is 41.0 Å². The first-order valence-electron chi connectivity index (χ1n) is 10.4. The van der Waals surface area contributed by atoms with E-state index >= 15 is 0 Å². The first kappa shape index (κ1) is 28.7.